The van der Waals surface area contributed by atoms with Gasteiger partial charge in [0.2, 0.25) is 5.89 Å². The normalized spacial score (nSPS) is 15.3. The molecule has 2 N–H and O–H groups in total. The molecule has 0 aliphatic carbocycles. The number of ether oxygens (including phenoxy) is 2. The lowest BCUT2D eigenvalue weighted by Gasteiger charge is -2.35. The molecule has 3 aromatic carbocycles. The number of oxazole rings is 1. The van der Waals surface area contributed by atoms with E-state index in [9.17, 15) is 14.9 Å². The zero-order chi connectivity index (χ0) is 27.7. The number of aromatic nitrogens is 1. The number of carbonyl (C=O) groups excluding carboxylic acids is 2. The van der Waals surface area contributed by atoms with Gasteiger partial charge in [-0.3, -0.25) is 4.90 Å². The Kier molecular flexibility index (Phi) is 6.61. The number of allylic oxidation sites excluding steroid dienone is 1. The Morgan fingerprint density at radius 2 is 1.69 bits per heavy atom. The van der Waals surface area contributed by atoms with E-state index in [1.165, 1.54) is 19.1 Å². The first-order valence-electron chi connectivity index (χ1n) is 12.0. The van der Waals surface area contributed by atoms with Crippen molar-refractivity contribution >= 4 is 28.7 Å². The highest BCUT2D eigenvalue weighted by atomic mass is 16.5. The van der Waals surface area contributed by atoms with Gasteiger partial charge in [0.15, 0.2) is 5.58 Å². The molecule has 1 atom stereocenters. The molecule has 0 spiro atoms. The van der Waals surface area contributed by atoms with E-state index in [0.29, 0.717) is 28.2 Å². The summed E-state index contributed by atoms with van der Waals surface area (Å²) in [5.74, 6) is -2.16. The summed E-state index contributed by atoms with van der Waals surface area (Å²) in [6, 6.07) is 23.7. The van der Waals surface area contributed by atoms with Crippen molar-refractivity contribution < 1.29 is 23.5 Å². The number of nitriles is 1. The van der Waals surface area contributed by atoms with Crippen LogP contribution in [0.2, 0.25) is 0 Å². The molecule has 2 heterocycles. The van der Waals surface area contributed by atoms with Gasteiger partial charge in [-0.1, -0.05) is 48.5 Å². The summed E-state index contributed by atoms with van der Waals surface area (Å²) < 4.78 is 16.2. The predicted octanol–water partition coefficient (Wildman–Crippen LogP) is 4.70. The molecule has 5 rings (SSSR count). The van der Waals surface area contributed by atoms with E-state index < -0.39 is 17.9 Å². The Bertz CT molecular complexity index is 1710. The molecule has 0 radical (unpaired) electrons. The van der Waals surface area contributed by atoms with E-state index >= 15 is 0 Å². The maximum absolute atomic E-state index is 13.3. The van der Waals surface area contributed by atoms with Crippen molar-refractivity contribution in [2.45, 2.75) is 12.8 Å². The van der Waals surface area contributed by atoms with E-state index in [-0.39, 0.29) is 22.7 Å². The number of aryl methyl sites for hydroxylation is 1. The predicted molar refractivity (Wildman–Crippen MR) is 144 cm³/mol. The minimum absolute atomic E-state index is 0.0302. The summed E-state index contributed by atoms with van der Waals surface area (Å²) in [6.07, 6.45) is 0. The monoisotopic (exact) mass is 520 g/mol. The van der Waals surface area contributed by atoms with Gasteiger partial charge >= 0.3 is 11.9 Å². The van der Waals surface area contributed by atoms with Crippen LogP contribution in [0.25, 0.3) is 22.6 Å². The summed E-state index contributed by atoms with van der Waals surface area (Å²) in [5.41, 5.74) is 10.2. The Balaban J connectivity index is 1.75. The molecule has 0 saturated heterocycles. The maximum Gasteiger partial charge on any atom is 0.355 e. The van der Waals surface area contributed by atoms with Gasteiger partial charge in [-0.2, -0.15) is 5.26 Å². The summed E-state index contributed by atoms with van der Waals surface area (Å²) in [5, 5.41) is 10.2. The van der Waals surface area contributed by atoms with Gasteiger partial charge in [0.05, 0.1) is 43.0 Å². The molecular formula is C30H24N4O5. The second-order valence-corrected chi connectivity index (χ2v) is 8.82. The first-order valence-corrected chi connectivity index (χ1v) is 12.0. The highest BCUT2D eigenvalue weighted by molar-refractivity contribution is 6.06. The third kappa shape index (κ3) is 4.28. The van der Waals surface area contributed by atoms with Crippen LogP contribution in [0.1, 0.15) is 17.0 Å². The first-order chi connectivity index (χ1) is 18.9. The topological polar surface area (TPSA) is 132 Å². The number of nitrogens with zero attached hydrogens (tertiary/aromatic N) is 3. The second kappa shape index (κ2) is 10.2. The maximum atomic E-state index is 13.3. The van der Waals surface area contributed by atoms with Crippen LogP contribution in [0.5, 0.6) is 0 Å². The highest BCUT2D eigenvalue weighted by Crippen LogP contribution is 2.43. The summed E-state index contributed by atoms with van der Waals surface area (Å²) in [6.45, 7) is 1.96. The molecule has 4 aromatic rings. The van der Waals surface area contributed by atoms with Crippen LogP contribution in [-0.4, -0.2) is 31.1 Å². The van der Waals surface area contributed by atoms with Crippen LogP contribution >= 0.6 is 0 Å². The van der Waals surface area contributed by atoms with Gasteiger partial charge in [-0.25, -0.2) is 14.6 Å². The minimum Gasteiger partial charge on any atom is -0.466 e. The van der Waals surface area contributed by atoms with E-state index in [1.807, 2.05) is 31.2 Å². The van der Waals surface area contributed by atoms with Gasteiger partial charge in [0.1, 0.15) is 17.0 Å². The largest absolute Gasteiger partial charge is 0.466 e. The number of carbonyl (C=O) groups is 2. The standard InChI is InChI=1S/C30H24N4O5/c1-17-9-7-8-12-20(17)28-33-22-14-13-19(15-23(22)39-28)34-26(30(36)38-3)25(29(35)37-2)24(21(16-31)27(34)32)18-10-5-4-6-11-18/h4-15,24H,32H2,1-3H3. The van der Waals surface area contributed by atoms with Crippen molar-refractivity contribution in [1.29, 1.82) is 5.26 Å². The number of anilines is 1. The molecule has 194 valence electrons. The number of benzene rings is 3. The van der Waals surface area contributed by atoms with Crippen molar-refractivity contribution in [3.63, 3.8) is 0 Å². The number of fused-ring (bicyclic) bond motifs is 1. The van der Waals surface area contributed by atoms with Crippen LogP contribution in [-0.2, 0) is 19.1 Å². The Morgan fingerprint density at radius 1 is 1.00 bits per heavy atom. The van der Waals surface area contributed by atoms with Crippen LogP contribution in [0.15, 0.2) is 99.9 Å². The van der Waals surface area contributed by atoms with Gasteiger partial charge < -0.3 is 19.6 Å². The number of methoxy groups -OCH3 is 2. The zero-order valence-electron chi connectivity index (χ0n) is 21.5. The highest BCUT2D eigenvalue weighted by Gasteiger charge is 2.43. The summed E-state index contributed by atoms with van der Waals surface area (Å²) in [4.78, 5) is 32.4. The average molecular weight is 521 g/mol. The van der Waals surface area contributed by atoms with Crippen molar-refractivity contribution in [3.05, 3.63) is 107 Å². The lowest BCUT2D eigenvalue weighted by atomic mass is 9.81. The minimum atomic E-state index is -0.948. The third-order valence-corrected chi connectivity index (χ3v) is 6.62. The Hall–Kier alpha value is -5.36. The van der Waals surface area contributed by atoms with Crippen LogP contribution < -0.4 is 10.6 Å². The Morgan fingerprint density at radius 3 is 2.36 bits per heavy atom. The molecule has 0 fully saturated rings. The smallest absolute Gasteiger partial charge is 0.355 e. The average Bonchev–Trinajstić information content (AvgIpc) is 3.39. The molecule has 0 amide bonds. The third-order valence-electron chi connectivity index (χ3n) is 6.62. The Labute approximate surface area is 224 Å². The fourth-order valence-corrected chi connectivity index (χ4v) is 4.76. The molecule has 9 nitrogen and oxygen atoms in total. The van der Waals surface area contributed by atoms with Crippen molar-refractivity contribution in [2.75, 3.05) is 19.1 Å². The first kappa shape index (κ1) is 25.3. The van der Waals surface area contributed by atoms with E-state index in [1.54, 1.807) is 48.5 Å². The molecule has 1 aliphatic rings. The summed E-state index contributed by atoms with van der Waals surface area (Å²) >= 11 is 0. The molecule has 0 saturated carbocycles. The molecule has 9 heteroatoms. The number of esters is 2. The van der Waals surface area contributed by atoms with Crippen LogP contribution in [0.3, 0.4) is 0 Å². The molecular weight excluding hydrogens is 496 g/mol. The van der Waals surface area contributed by atoms with E-state index in [4.69, 9.17) is 19.6 Å². The van der Waals surface area contributed by atoms with Crippen LogP contribution in [0, 0.1) is 18.3 Å². The van der Waals surface area contributed by atoms with Crippen molar-refractivity contribution in [3.8, 4) is 17.5 Å². The molecule has 1 aliphatic heterocycles. The number of rotatable bonds is 5. The summed E-state index contributed by atoms with van der Waals surface area (Å²) in [7, 11) is 2.41. The zero-order valence-corrected chi connectivity index (χ0v) is 21.5. The quantitative estimate of drug-likeness (QED) is 0.372. The van der Waals surface area contributed by atoms with Gasteiger partial charge in [-0.05, 0) is 36.2 Å². The SMILES string of the molecule is COC(=O)C1=C(C(=O)OC)N(c2ccc3nc(-c4ccccc4C)oc3c2)C(N)=C(C#N)C1c1ccccc1. The molecule has 1 aromatic heterocycles. The molecule has 0 bridgehead atoms. The van der Waals surface area contributed by atoms with Crippen LogP contribution in [0.4, 0.5) is 5.69 Å². The molecule has 1 unspecified atom stereocenters. The van der Waals surface area contributed by atoms with Gasteiger partial charge in [0.25, 0.3) is 0 Å². The van der Waals surface area contributed by atoms with E-state index in [2.05, 4.69) is 11.1 Å². The van der Waals surface area contributed by atoms with Gasteiger partial charge in [-0.15, -0.1) is 0 Å². The lowest BCUT2D eigenvalue weighted by molar-refractivity contribution is -0.139. The lowest BCUT2D eigenvalue weighted by Crippen LogP contribution is -2.40. The van der Waals surface area contributed by atoms with Crippen molar-refractivity contribution in [2.24, 2.45) is 5.73 Å². The second-order valence-electron chi connectivity index (χ2n) is 8.82. The number of hydrogen-bond acceptors (Lipinski definition) is 9. The number of hydrogen-bond donors (Lipinski definition) is 1. The fourth-order valence-electron chi connectivity index (χ4n) is 4.76. The van der Waals surface area contributed by atoms with Crippen molar-refractivity contribution in [1.82, 2.24) is 4.98 Å². The fraction of sp³-hybridized carbons (Fsp3) is 0.133. The van der Waals surface area contributed by atoms with E-state index in [0.717, 1.165) is 11.1 Å². The van der Waals surface area contributed by atoms with Gasteiger partial charge in [0, 0.05) is 11.6 Å². The number of nitrogens with two attached hydrogens (primary N) is 1. The molecule has 39 heavy (non-hydrogen) atoms.